The van der Waals surface area contributed by atoms with E-state index in [2.05, 4.69) is 23.7 Å². The summed E-state index contributed by atoms with van der Waals surface area (Å²) in [5.41, 5.74) is 0. The molecule has 0 amide bonds. The maximum absolute atomic E-state index is 10.9. The summed E-state index contributed by atoms with van der Waals surface area (Å²) in [6.45, 7) is 8.10. The fourth-order valence-electron chi connectivity index (χ4n) is 2.01. The molecule has 1 aromatic heterocycles. The third-order valence-corrected chi connectivity index (χ3v) is 3.17. The van der Waals surface area contributed by atoms with Crippen molar-refractivity contribution in [3.8, 4) is 0 Å². The Hall–Kier alpha value is -1.47. The van der Waals surface area contributed by atoms with E-state index in [1.165, 1.54) is 6.20 Å². The lowest BCUT2D eigenvalue weighted by atomic mass is 10.3. The lowest BCUT2D eigenvalue weighted by molar-refractivity contribution is -0.392. The molecular formula is C12H22N4O3. The lowest BCUT2D eigenvalue weighted by Crippen LogP contribution is -2.35. The second-order valence-electron chi connectivity index (χ2n) is 4.78. The monoisotopic (exact) mass is 270 g/mol. The molecule has 1 rings (SSSR count). The average molecular weight is 270 g/mol. The molecule has 0 bridgehead atoms. The minimum atomic E-state index is -0.409. The first-order valence-electron chi connectivity index (χ1n) is 6.48. The van der Waals surface area contributed by atoms with Crippen LogP contribution in [0.4, 0.5) is 5.82 Å². The molecule has 0 radical (unpaired) electrons. The van der Waals surface area contributed by atoms with E-state index in [9.17, 15) is 10.1 Å². The number of nitro groups is 1. The zero-order chi connectivity index (χ0) is 14.4. The highest BCUT2D eigenvalue weighted by Crippen LogP contribution is 2.14. The molecule has 19 heavy (non-hydrogen) atoms. The number of aliphatic hydroxyl groups is 1. The molecule has 7 nitrogen and oxygen atoms in total. The normalized spacial score (nSPS) is 11.5. The summed E-state index contributed by atoms with van der Waals surface area (Å²) in [5.74, 6) is 0.681. The number of aliphatic hydroxyl groups excluding tert-OH is 1. The standard InChI is InChI=1S/C12H22N4O3/c1-10(2)14(5-4-8-17)6-7-15-11(3)13-9-12(15)16(18)19/h9-10,17H,4-8H2,1-3H3. The van der Waals surface area contributed by atoms with Crippen LogP contribution in [0, 0.1) is 17.0 Å². The van der Waals surface area contributed by atoms with E-state index < -0.39 is 4.92 Å². The van der Waals surface area contributed by atoms with Gasteiger partial charge in [-0.15, -0.1) is 0 Å². The van der Waals surface area contributed by atoms with Gasteiger partial charge in [-0.2, -0.15) is 0 Å². The Balaban J connectivity index is 2.68. The van der Waals surface area contributed by atoms with Gasteiger partial charge in [-0.05, 0) is 25.2 Å². The summed E-state index contributed by atoms with van der Waals surface area (Å²) in [7, 11) is 0. The molecule has 7 heteroatoms. The predicted molar refractivity (Wildman–Crippen MR) is 72.0 cm³/mol. The molecule has 0 aromatic carbocycles. The third-order valence-electron chi connectivity index (χ3n) is 3.17. The van der Waals surface area contributed by atoms with Crippen LogP contribution in [0.5, 0.6) is 0 Å². The van der Waals surface area contributed by atoms with Crippen LogP contribution in [0.1, 0.15) is 26.1 Å². The fourth-order valence-corrected chi connectivity index (χ4v) is 2.01. The van der Waals surface area contributed by atoms with Gasteiger partial charge in [-0.3, -0.25) is 4.90 Å². The number of rotatable bonds is 8. The van der Waals surface area contributed by atoms with Crippen molar-refractivity contribution in [1.29, 1.82) is 0 Å². The molecular weight excluding hydrogens is 248 g/mol. The van der Waals surface area contributed by atoms with Crippen molar-refractivity contribution in [2.75, 3.05) is 19.7 Å². The van der Waals surface area contributed by atoms with Crippen LogP contribution in [0.3, 0.4) is 0 Å². The van der Waals surface area contributed by atoms with Crippen LogP contribution in [0.2, 0.25) is 0 Å². The molecule has 0 unspecified atom stereocenters. The second kappa shape index (κ2) is 7.20. The molecule has 0 aliphatic heterocycles. The Kier molecular flexibility index (Phi) is 5.91. The van der Waals surface area contributed by atoms with Crippen molar-refractivity contribution in [2.45, 2.75) is 39.8 Å². The van der Waals surface area contributed by atoms with Crippen molar-refractivity contribution in [3.63, 3.8) is 0 Å². The maximum atomic E-state index is 10.9. The number of aryl methyl sites for hydroxylation is 1. The van der Waals surface area contributed by atoms with E-state index in [0.29, 0.717) is 31.4 Å². The van der Waals surface area contributed by atoms with Crippen molar-refractivity contribution in [1.82, 2.24) is 14.5 Å². The Morgan fingerprint density at radius 3 is 2.74 bits per heavy atom. The van der Waals surface area contributed by atoms with Crippen molar-refractivity contribution < 1.29 is 10.0 Å². The van der Waals surface area contributed by atoms with Gasteiger partial charge < -0.3 is 15.2 Å². The summed E-state index contributed by atoms with van der Waals surface area (Å²) in [5, 5.41) is 19.8. The lowest BCUT2D eigenvalue weighted by Gasteiger charge is -2.25. The van der Waals surface area contributed by atoms with E-state index in [-0.39, 0.29) is 12.4 Å². The summed E-state index contributed by atoms with van der Waals surface area (Å²) in [6, 6.07) is 0.342. The zero-order valence-corrected chi connectivity index (χ0v) is 11.7. The van der Waals surface area contributed by atoms with Crippen molar-refractivity contribution in [3.05, 3.63) is 22.1 Å². The first kappa shape index (κ1) is 15.6. The van der Waals surface area contributed by atoms with Gasteiger partial charge in [0, 0.05) is 32.7 Å². The summed E-state index contributed by atoms with van der Waals surface area (Å²) in [4.78, 5) is 16.7. The van der Waals surface area contributed by atoms with E-state index in [1.807, 2.05) is 0 Å². The van der Waals surface area contributed by atoms with Gasteiger partial charge >= 0.3 is 5.82 Å². The van der Waals surface area contributed by atoms with E-state index in [1.54, 1.807) is 11.5 Å². The second-order valence-corrected chi connectivity index (χ2v) is 4.78. The van der Waals surface area contributed by atoms with Crippen molar-refractivity contribution in [2.24, 2.45) is 0 Å². The quantitative estimate of drug-likeness (QED) is 0.566. The molecule has 0 aliphatic carbocycles. The van der Waals surface area contributed by atoms with Crippen LogP contribution in [0.15, 0.2) is 6.20 Å². The number of hydrogen-bond donors (Lipinski definition) is 1. The smallest absolute Gasteiger partial charge is 0.342 e. The van der Waals surface area contributed by atoms with Gasteiger partial charge in [0.25, 0.3) is 0 Å². The molecule has 0 atom stereocenters. The maximum Gasteiger partial charge on any atom is 0.342 e. The van der Waals surface area contributed by atoms with Crippen LogP contribution in [0.25, 0.3) is 0 Å². The predicted octanol–water partition coefficient (Wildman–Crippen LogP) is 1.19. The molecule has 0 aliphatic rings. The first-order valence-corrected chi connectivity index (χ1v) is 6.48. The summed E-state index contributed by atoms with van der Waals surface area (Å²) in [6.07, 6.45) is 2.01. The van der Waals surface area contributed by atoms with Crippen molar-refractivity contribution >= 4 is 5.82 Å². The summed E-state index contributed by atoms with van der Waals surface area (Å²) >= 11 is 0. The minimum Gasteiger partial charge on any atom is -0.396 e. The topological polar surface area (TPSA) is 84.4 Å². The van der Waals surface area contributed by atoms with Crippen LogP contribution < -0.4 is 0 Å². The number of imidazole rings is 1. The van der Waals surface area contributed by atoms with E-state index in [4.69, 9.17) is 5.11 Å². The van der Waals surface area contributed by atoms with Gasteiger partial charge in [0.2, 0.25) is 0 Å². The Morgan fingerprint density at radius 1 is 1.53 bits per heavy atom. The highest BCUT2D eigenvalue weighted by atomic mass is 16.6. The molecule has 0 fully saturated rings. The van der Waals surface area contributed by atoms with E-state index >= 15 is 0 Å². The molecule has 0 spiro atoms. The molecule has 0 saturated heterocycles. The Bertz CT molecular complexity index is 417. The highest BCUT2D eigenvalue weighted by Gasteiger charge is 2.18. The van der Waals surface area contributed by atoms with Gasteiger partial charge in [0.1, 0.15) is 12.7 Å². The van der Waals surface area contributed by atoms with Gasteiger partial charge in [-0.1, -0.05) is 0 Å². The molecule has 1 heterocycles. The Labute approximate surface area is 113 Å². The van der Waals surface area contributed by atoms with Crippen LogP contribution >= 0.6 is 0 Å². The number of aromatic nitrogens is 2. The highest BCUT2D eigenvalue weighted by molar-refractivity contribution is 5.18. The average Bonchev–Trinajstić information content (AvgIpc) is 2.70. The van der Waals surface area contributed by atoms with Crippen LogP contribution in [-0.4, -0.2) is 50.2 Å². The van der Waals surface area contributed by atoms with Gasteiger partial charge in [0.05, 0.1) is 0 Å². The number of nitrogens with zero attached hydrogens (tertiary/aromatic N) is 4. The SMILES string of the molecule is Cc1ncc([N+](=O)[O-])n1CCN(CCCO)C(C)C. The number of hydrogen-bond acceptors (Lipinski definition) is 5. The zero-order valence-electron chi connectivity index (χ0n) is 11.7. The summed E-state index contributed by atoms with van der Waals surface area (Å²) < 4.78 is 1.62. The third kappa shape index (κ3) is 4.29. The molecule has 1 N–H and O–H groups in total. The van der Waals surface area contributed by atoms with Gasteiger partial charge in [-0.25, -0.2) is 9.55 Å². The van der Waals surface area contributed by atoms with Crippen LogP contribution in [-0.2, 0) is 6.54 Å². The molecule has 108 valence electrons. The molecule has 0 saturated carbocycles. The first-order chi connectivity index (χ1) is 8.97. The minimum absolute atomic E-state index is 0.0309. The fraction of sp³-hybridized carbons (Fsp3) is 0.750. The Morgan fingerprint density at radius 2 is 2.21 bits per heavy atom. The largest absolute Gasteiger partial charge is 0.396 e. The van der Waals surface area contributed by atoms with Gasteiger partial charge in [0.15, 0.2) is 5.82 Å². The van der Waals surface area contributed by atoms with E-state index in [0.717, 1.165) is 6.54 Å². The molecule has 1 aromatic rings.